The van der Waals surface area contributed by atoms with Crippen molar-refractivity contribution in [1.82, 2.24) is 4.98 Å². The number of aromatic nitrogens is 1. The molecule has 6 heteroatoms. The smallest absolute Gasteiger partial charge is 0.309 e. The maximum Gasteiger partial charge on any atom is 0.309 e. The Labute approximate surface area is 71.8 Å². The monoisotopic (exact) mass is 186 g/mol. The Morgan fingerprint density at radius 1 is 1.75 bits per heavy atom. The van der Waals surface area contributed by atoms with Crippen molar-refractivity contribution in [2.24, 2.45) is 0 Å². The van der Waals surface area contributed by atoms with Gasteiger partial charge in [0.05, 0.1) is 12.1 Å². The molecule has 1 aromatic rings. The summed E-state index contributed by atoms with van der Waals surface area (Å²) in [5.74, 6) is -1.01. The molecule has 12 heavy (non-hydrogen) atoms. The molecule has 0 atom stereocenters. The van der Waals surface area contributed by atoms with E-state index in [-0.39, 0.29) is 17.1 Å². The van der Waals surface area contributed by atoms with Gasteiger partial charge in [0.2, 0.25) is 0 Å². The van der Waals surface area contributed by atoms with E-state index in [0.717, 1.165) is 11.3 Å². The van der Waals surface area contributed by atoms with E-state index in [2.05, 4.69) is 4.98 Å². The second-order valence-electron chi connectivity index (χ2n) is 2.05. The fraction of sp³-hybridized carbons (Fsp3) is 0.167. The van der Waals surface area contributed by atoms with Crippen molar-refractivity contribution < 1.29 is 14.7 Å². The van der Waals surface area contributed by atoms with Crippen molar-refractivity contribution in [2.45, 2.75) is 6.42 Å². The summed E-state index contributed by atoms with van der Waals surface area (Å²) in [6.07, 6.45) is 0.308. The lowest BCUT2D eigenvalue weighted by atomic mass is 10.3. The molecule has 0 aliphatic heterocycles. The minimum absolute atomic E-state index is 0.212. The Morgan fingerprint density at radius 3 is 2.83 bits per heavy atom. The average molecular weight is 186 g/mol. The van der Waals surface area contributed by atoms with E-state index in [0.29, 0.717) is 11.3 Å². The highest BCUT2D eigenvalue weighted by molar-refractivity contribution is 7.17. The van der Waals surface area contributed by atoms with Gasteiger partial charge >= 0.3 is 5.97 Å². The third kappa shape index (κ3) is 1.79. The summed E-state index contributed by atoms with van der Waals surface area (Å²) in [5.41, 5.74) is 5.66. The topological polar surface area (TPSA) is 93.3 Å². The molecule has 64 valence electrons. The van der Waals surface area contributed by atoms with Crippen LogP contribution in [0.5, 0.6) is 0 Å². The Bertz CT molecular complexity index is 321. The largest absolute Gasteiger partial charge is 0.481 e. The lowest BCUT2D eigenvalue weighted by Gasteiger charge is -1.89. The maximum atomic E-state index is 10.2. The highest BCUT2D eigenvalue weighted by Gasteiger charge is 2.10. The summed E-state index contributed by atoms with van der Waals surface area (Å²) in [6.45, 7) is 0. The van der Waals surface area contributed by atoms with E-state index in [1.807, 2.05) is 0 Å². The van der Waals surface area contributed by atoms with Gasteiger partial charge in [-0.25, -0.2) is 4.98 Å². The van der Waals surface area contributed by atoms with Gasteiger partial charge in [-0.1, -0.05) is 11.3 Å². The summed E-state index contributed by atoms with van der Waals surface area (Å²) in [5, 5.41) is 8.90. The van der Waals surface area contributed by atoms with Crippen LogP contribution in [-0.2, 0) is 11.2 Å². The molecule has 0 aliphatic rings. The molecule has 1 rings (SSSR count). The normalized spacial score (nSPS) is 9.67. The zero-order chi connectivity index (χ0) is 9.14. The van der Waals surface area contributed by atoms with Crippen LogP contribution < -0.4 is 5.73 Å². The summed E-state index contributed by atoms with van der Waals surface area (Å²) in [7, 11) is 0. The van der Waals surface area contributed by atoms with Crippen LogP contribution >= 0.6 is 11.3 Å². The number of carbonyl (C=O) groups is 2. The van der Waals surface area contributed by atoms with Gasteiger partial charge in [-0.3, -0.25) is 9.59 Å². The van der Waals surface area contributed by atoms with Crippen molar-refractivity contribution in [1.29, 1.82) is 0 Å². The summed E-state index contributed by atoms with van der Waals surface area (Å²) in [6, 6.07) is 0. The number of anilines is 1. The molecule has 5 nitrogen and oxygen atoms in total. The Balaban J connectivity index is 2.91. The standard InChI is InChI=1S/C6H6N2O3S/c7-6-3(1-5(10)11)8-4(2-9)12-6/h2H,1,7H2,(H,10,11). The van der Waals surface area contributed by atoms with Crippen LogP contribution in [0.3, 0.4) is 0 Å². The number of nitrogens with zero attached hydrogens (tertiary/aromatic N) is 1. The van der Waals surface area contributed by atoms with Gasteiger partial charge in [-0.05, 0) is 0 Å². The molecule has 0 saturated carbocycles. The van der Waals surface area contributed by atoms with Gasteiger partial charge in [0.15, 0.2) is 11.3 Å². The number of aldehydes is 1. The van der Waals surface area contributed by atoms with Crippen LogP contribution in [0.4, 0.5) is 5.00 Å². The third-order valence-corrected chi connectivity index (χ3v) is 2.02. The van der Waals surface area contributed by atoms with Gasteiger partial charge in [0, 0.05) is 0 Å². The molecule has 0 radical (unpaired) electrons. The fourth-order valence-corrected chi connectivity index (χ4v) is 1.37. The molecule has 0 amide bonds. The number of nitrogens with two attached hydrogens (primary N) is 1. The van der Waals surface area contributed by atoms with Gasteiger partial charge in [0.25, 0.3) is 0 Å². The van der Waals surface area contributed by atoms with Crippen LogP contribution in [-0.4, -0.2) is 22.3 Å². The lowest BCUT2D eigenvalue weighted by molar-refractivity contribution is -0.136. The second-order valence-corrected chi connectivity index (χ2v) is 3.11. The first kappa shape index (κ1) is 8.66. The summed E-state index contributed by atoms with van der Waals surface area (Å²) < 4.78 is 0. The van der Waals surface area contributed by atoms with Crippen molar-refractivity contribution in [3.63, 3.8) is 0 Å². The molecule has 0 unspecified atom stereocenters. The minimum atomic E-state index is -1.01. The predicted molar refractivity (Wildman–Crippen MR) is 43.3 cm³/mol. The first-order valence-electron chi connectivity index (χ1n) is 3.05. The van der Waals surface area contributed by atoms with E-state index < -0.39 is 5.97 Å². The second kappa shape index (κ2) is 3.31. The molecule has 0 saturated heterocycles. The van der Waals surface area contributed by atoms with E-state index in [4.69, 9.17) is 10.8 Å². The molecule has 0 bridgehead atoms. The van der Waals surface area contributed by atoms with E-state index in [1.165, 1.54) is 0 Å². The SMILES string of the molecule is Nc1sc(C=O)nc1CC(=O)O. The van der Waals surface area contributed by atoms with Crippen molar-refractivity contribution in [3.05, 3.63) is 10.7 Å². The number of rotatable bonds is 3. The average Bonchev–Trinajstić information content (AvgIpc) is 2.31. The van der Waals surface area contributed by atoms with Crippen LogP contribution in [0, 0.1) is 0 Å². The quantitative estimate of drug-likeness (QED) is 0.656. The number of carboxylic acid groups (broad SMARTS) is 1. The third-order valence-electron chi connectivity index (χ3n) is 1.16. The first-order valence-corrected chi connectivity index (χ1v) is 3.87. The summed E-state index contributed by atoms with van der Waals surface area (Å²) >= 11 is 0.992. The molecule has 0 spiro atoms. The number of nitrogen functional groups attached to an aromatic ring is 1. The Hall–Kier alpha value is -1.43. The number of thiazole rings is 1. The van der Waals surface area contributed by atoms with Crippen molar-refractivity contribution >= 4 is 28.6 Å². The molecular formula is C6H6N2O3S. The van der Waals surface area contributed by atoms with E-state index in [1.54, 1.807) is 0 Å². The van der Waals surface area contributed by atoms with E-state index >= 15 is 0 Å². The number of carbonyl (C=O) groups excluding carboxylic acids is 1. The highest BCUT2D eigenvalue weighted by Crippen LogP contribution is 2.19. The number of hydrogen-bond acceptors (Lipinski definition) is 5. The Kier molecular flexibility index (Phi) is 2.39. The zero-order valence-corrected chi connectivity index (χ0v) is 6.80. The molecule has 0 fully saturated rings. The predicted octanol–water partition coefficient (Wildman–Crippen LogP) is 0.165. The lowest BCUT2D eigenvalue weighted by Crippen LogP contribution is -2.02. The molecule has 0 aromatic carbocycles. The van der Waals surface area contributed by atoms with Crippen LogP contribution in [0.1, 0.15) is 15.5 Å². The molecular weight excluding hydrogens is 180 g/mol. The number of carboxylic acids is 1. The van der Waals surface area contributed by atoms with Crippen LogP contribution in [0.2, 0.25) is 0 Å². The molecule has 3 N–H and O–H groups in total. The zero-order valence-electron chi connectivity index (χ0n) is 5.98. The van der Waals surface area contributed by atoms with Crippen LogP contribution in [0.15, 0.2) is 0 Å². The molecule has 1 heterocycles. The van der Waals surface area contributed by atoms with Gasteiger partial charge < -0.3 is 10.8 Å². The van der Waals surface area contributed by atoms with Crippen molar-refractivity contribution in [3.8, 4) is 0 Å². The van der Waals surface area contributed by atoms with Gasteiger partial charge in [-0.15, -0.1) is 0 Å². The highest BCUT2D eigenvalue weighted by atomic mass is 32.1. The van der Waals surface area contributed by atoms with E-state index in [9.17, 15) is 9.59 Å². The number of hydrogen-bond donors (Lipinski definition) is 2. The maximum absolute atomic E-state index is 10.2. The summed E-state index contributed by atoms with van der Waals surface area (Å²) in [4.78, 5) is 24.2. The minimum Gasteiger partial charge on any atom is -0.481 e. The van der Waals surface area contributed by atoms with Crippen LogP contribution in [0.25, 0.3) is 0 Å². The molecule has 0 aliphatic carbocycles. The first-order chi connectivity index (χ1) is 5.63. The van der Waals surface area contributed by atoms with Crippen molar-refractivity contribution in [2.75, 3.05) is 5.73 Å². The van der Waals surface area contributed by atoms with Gasteiger partial charge in [-0.2, -0.15) is 0 Å². The van der Waals surface area contributed by atoms with Gasteiger partial charge in [0.1, 0.15) is 5.00 Å². The Morgan fingerprint density at radius 2 is 2.42 bits per heavy atom. The molecule has 1 aromatic heterocycles. The fourth-order valence-electron chi connectivity index (χ4n) is 0.703. The number of aliphatic carboxylic acids is 1.